The van der Waals surface area contributed by atoms with E-state index in [-0.39, 0.29) is 6.61 Å². The molecule has 0 amide bonds. The first-order valence-corrected chi connectivity index (χ1v) is 7.62. The maximum atomic E-state index is 9.23. The fraction of sp³-hybridized carbons (Fsp3) is 0.368. The Labute approximate surface area is 126 Å². The Balaban J connectivity index is 1.76. The average Bonchev–Trinajstić information content (AvgIpc) is 2.93. The van der Waals surface area contributed by atoms with Crippen LogP contribution in [0, 0.1) is 13.8 Å². The van der Waals surface area contributed by atoms with Crippen molar-refractivity contribution >= 4 is 0 Å². The van der Waals surface area contributed by atoms with Crippen LogP contribution in [0.5, 0.6) is 5.75 Å². The molecule has 2 nitrogen and oxygen atoms in total. The number of fused-ring (bicyclic) bond motifs is 1. The summed E-state index contributed by atoms with van der Waals surface area (Å²) in [4.78, 5) is 0. The Morgan fingerprint density at radius 2 is 1.67 bits per heavy atom. The summed E-state index contributed by atoms with van der Waals surface area (Å²) >= 11 is 0. The third-order valence-electron chi connectivity index (χ3n) is 4.25. The van der Waals surface area contributed by atoms with E-state index in [1.165, 1.54) is 36.0 Å². The van der Waals surface area contributed by atoms with Gasteiger partial charge in [-0.2, -0.15) is 0 Å². The molecule has 2 aromatic carbocycles. The fourth-order valence-corrected chi connectivity index (χ4v) is 3.23. The molecule has 0 aliphatic heterocycles. The highest BCUT2D eigenvalue weighted by Crippen LogP contribution is 2.27. The second kappa shape index (κ2) is 5.90. The summed E-state index contributed by atoms with van der Waals surface area (Å²) in [5.74, 6) is 0.938. The topological polar surface area (TPSA) is 29.5 Å². The molecule has 1 N–H and O–H groups in total. The summed E-state index contributed by atoms with van der Waals surface area (Å²) in [5.41, 5.74) is 7.33. The van der Waals surface area contributed by atoms with Gasteiger partial charge in [0.1, 0.15) is 12.4 Å². The van der Waals surface area contributed by atoms with Crippen molar-refractivity contribution in [3.63, 3.8) is 0 Å². The maximum Gasteiger partial charge on any atom is 0.125 e. The highest BCUT2D eigenvalue weighted by atomic mass is 16.5. The van der Waals surface area contributed by atoms with Gasteiger partial charge in [-0.25, -0.2) is 0 Å². The molecule has 0 fully saturated rings. The molecule has 0 heterocycles. The van der Waals surface area contributed by atoms with Crippen LogP contribution in [0.25, 0.3) is 0 Å². The summed E-state index contributed by atoms with van der Waals surface area (Å²) < 4.78 is 6.03. The Bertz CT molecular complexity index is 636. The van der Waals surface area contributed by atoms with Crippen LogP contribution in [0.3, 0.4) is 0 Å². The molecule has 2 heteroatoms. The summed E-state index contributed by atoms with van der Waals surface area (Å²) in [6.45, 7) is 4.74. The first-order chi connectivity index (χ1) is 10.2. The van der Waals surface area contributed by atoms with Gasteiger partial charge in [0, 0.05) is 0 Å². The first-order valence-electron chi connectivity index (χ1n) is 7.62. The fourth-order valence-electron chi connectivity index (χ4n) is 3.23. The zero-order valence-corrected chi connectivity index (χ0v) is 12.8. The number of hydrogen-bond acceptors (Lipinski definition) is 2. The third-order valence-corrected chi connectivity index (χ3v) is 4.25. The minimum atomic E-state index is 0.0762. The molecule has 2 aromatic rings. The molecular weight excluding hydrogens is 260 g/mol. The van der Waals surface area contributed by atoms with E-state index >= 15 is 0 Å². The molecular formula is C19H22O2. The third kappa shape index (κ3) is 2.96. The molecule has 0 atom stereocenters. The molecule has 0 saturated carbocycles. The molecule has 0 unspecified atom stereocenters. The van der Waals surface area contributed by atoms with Crippen LogP contribution >= 0.6 is 0 Å². The molecule has 1 aliphatic rings. The Morgan fingerprint density at radius 1 is 0.952 bits per heavy atom. The lowest BCUT2D eigenvalue weighted by atomic mass is 10.1. The van der Waals surface area contributed by atoms with E-state index in [4.69, 9.17) is 4.74 Å². The second-order valence-corrected chi connectivity index (χ2v) is 5.96. The molecule has 110 valence electrons. The molecule has 21 heavy (non-hydrogen) atoms. The van der Waals surface area contributed by atoms with Gasteiger partial charge < -0.3 is 9.84 Å². The van der Waals surface area contributed by atoms with E-state index in [0.29, 0.717) is 6.61 Å². The minimum absolute atomic E-state index is 0.0762. The van der Waals surface area contributed by atoms with Crippen LogP contribution in [-0.4, -0.2) is 5.11 Å². The number of benzene rings is 2. The van der Waals surface area contributed by atoms with Crippen LogP contribution < -0.4 is 4.74 Å². The van der Waals surface area contributed by atoms with E-state index in [1.54, 1.807) is 0 Å². The van der Waals surface area contributed by atoms with E-state index in [0.717, 1.165) is 22.4 Å². The summed E-state index contributed by atoms with van der Waals surface area (Å²) in [6, 6.07) is 10.7. The van der Waals surface area contributed by atoms with Crippen molar-refractivity contribution in [2.24, 2.45) is 0 Å². The lowest BCUT2D eigenvalue weighted by Gasteiger charge is -2.14. The van der Waals surface area contributed by atoms with E-state index in [1.807, 2.05) is 26.0 Å². The number of aryl methyl sites for hydroxylation is 4. The van der Waals surface area contributed by atoms with Gasteiger partial charge >= 0.3 is 0 Å². The van der Waals surface area contributed by atoms with Gasteiger partial charge in [0.15, 0.2) is 0 Å². The van der Waals surface area contributed by atoms with Crippen molar-refractivity contribution in [2.75, 3.05) is 0 Å². The maximum absolute atomic E-state index is 9.23. The SMILES string of the molecule is Cc1cc(CO)cc(C)c1OCc1ccc2c(c1)CCC2. The van der Waals surface area contributed by atoms with Crippen molar-refractivity contribution in [1.29, 1.82) is 0 Å². The van der Waals surface area contributed by atoms with Crippen molar-refractivity contribution in [2.45, 2.75) is 46.3 Å². The van der Waals surface area contributed by atoms with E-state index in [2.05, 4.69) is 18.2 Å². The number of aliphatic hydroxyl groups is 1. The van der Waals surface area contributed by atoms with Gasteiger partial charge in [0.2, 0.25) is 0 Å². The van der Waals surface area contributed by atoms with Gasteiger partial charge in [0.25, 0.3) is 0 Å². The summed E-state index contributed by atoms with van der Waals surface area (Å²) in [5, 5.41) is 9.23. The van der Waals surface area contributed by atoms with Crippen LogP contribution in [0.15, 0.2) is 30.3 Å². The molecule has 0 spiro atoms. The van der Waals surface area contributed by atoms with Gasteiger partial charge in [-0.3, -0.25) is 0 Å². The van der Waals surface area contributed by atoms with E-state index < -0.39 is 0 Å². The number of aliphatic hydroxyl groups excluding tert-OH is 1. The van der Waals surface area contributed by atoms with E-state index in [9.17, 15) is 5.11 Å². The number of hydrogen-bond donors (Lipinski definition) is 1. The molecule has 0 bridgehead atoms. The van der Waals surface area contributed by atoms with Crippen molar-refractivity contribution in [3.8, 4) is 5.75 Å². The summed E-state index contributed by atoms with van der Waals surface area (Å²) in [7, 11) is 0. The van der Waals surface area contributed by atoms with Gasteiger partial charge in [-0.15, -0.1) is 0 Å². The van der Waals surface area contributed by atoms with Gasteiger partial charge in [-0.05, 0) is 66.5 Å². The predicted octanol–water partition coefficient (Wildman–Crippen LogP) is 3.86. The number of rotatable bonds is 4. The Kier molecular flexibility index (Phi) is 3.98. The predicted molar refractivity (Wildman–Crippen MR) is 84.6 cm³/mol. The van der Waals surface area contributed by atoms with Gasteiger partial charge in [0.05, 0.1) is 6.61 Å². The Hall–Kier alpha value is -1.80. The van der Waals surface area contributed by atoms with Crippen molar-refractivity contribution in [1.82, 2.24) is 0 Å². The lowest BCUT2D eigenvalue weighted by Crippen LogP contribution is -2.01. The lowest BCUT2D eigenvalue weighted by molar-refractivity contribution is 0.280. The molecule has 0 aromatic heterocycles. The summed E-state index contributed by atoms with van der Waals surface area (Å²) in [6.07, 6.45) is 3.70. The quantitative estimate of drug-likeness (QED) is 0.922. The van der Waals surface area contributed by atoms with Crippen molar-refractivity contribution < 1.29 is 9.84 Å². The normalized spacial score (nSPS) is 13.3. The highest BCUT2D eigenvalue weighted by molar-refractivity contribution is 5.43. The number of ether oxygens (including phenoxy) is 1. The molecule has 0 saturated heterocycles. The van der Waals surface area contributed by atoms with Crippen LogP contribution in [-0.2, 0) is 26.1 Å². The largest absolute Gasteiger partial charge is 0.488 e. The van der Waals surface area contributed by atoms with Crippen LogP contribution in [0.2, 0.25) is 0 Å². The van der Waals surface area contributed by atoms with Gasteiger partial charge in [-0.1, -0.05) is 30.3 Å². The van der Waals surface area contributed by atoms with Crippen molar-refractivity contribution in [3.05, 3.63) is 63.7 Å². The van der Waals surface area contributed by atoms with Crippen LogP contribution in [0.1, 0.15) is 39.8 Å². The van der Waals surface area contributed by atoms with Crippen LogP contribution in [0.4, 0.5) is 0 Å². The first kappa shape index (κ1) is 14.2. The monoisotopic (exact) mass is 282 g/mol. The zero-order chi connectivity index (χ0) is 14.8. The zero-order valence-electron chi connectivity index (χ0n) is 12.8. The Morgan fingerprint density at radius 3 is 2.38 bits per heavy atom. The molecule has 3 rings (SSSR count). The smallest absolute Gasteiger partial charge is 0.125 e. The second-order valence-electron chi connectivity index (χ2n) is 5.96. The minimum Gasteiger partial charge on any atom is -0.488 e. The standard InChI is InChI=1S/C19H22O2/c1-13-8-16(11-20)9-14(2)19(13)21-12-15-6-7-17-4-3-5-18(17)10-15/h6-10,20H,3-5,11-12H2,1-2H3. The average molecular weight is 282 g/mol. The highest BCUT2D eigenvalue weighted by Gasteiger charge is 2.12. The molecule has 1 aliphatic carbocycles. The molecule has 0 radical (unpaired) electrons.